The van der Waals surface area contributed by atoms with Gasteiger partial charge in [0.15, 0.2) is 0 Å². The normalized spacial score (nSPS) is 10.7. The van der Waals surface area contributed by atoms with Crippen molar-refractivity contribution in [2.45, 2.75) is 13.8 Å². The van der Waals surface area contributed by atoms with E-state index in [0.717, 1.165) is 16.5 Å². The van der Waals surface area contributed by atoms with E-state index in [1.807, 2.05) is 24.4 Å². The molecule has 0 aliphatic rings. The third-order valence-electron chi connectivity index (χ3n) is 3.64. The van der Waals surface area contributed by atoms with Gasteiger partial charge in [-0.15, -0.1) is 0 Å². The molecule has 0 unspecified atom stereocenters. The molecule has 98 valence electrons. The zero-order valence-corrected chi connectivity index (χ0v) is 11.7. The third-order valence-corrected chi connectivity index (χ3v) is 3.64. The van der Waals surface area contributed by atoms with E-state index in [9.17, 15) is 0 Å². The van der Waals surface area contributed by atoms with E-state index in [4.69, 9.17) is 0 Å². The van der Waals surface area contributed by atoms with Crippen LogP contribution >= 0.6 is 0 Å². The molecular weight excluding hydrogens is 244 g/mol. The summed E-state index contributed by atoms with van der Waals surface area (Å²) >= 11 is 0. The lowest BCUT2D eigenvalue weighted by atomic mass is 9.94. The number of benzene rings is 2. The molecule has 0 saturated carbocycles. The average molecular weight is 260 g/mol. The predicted molar refractivity (Wildman–Crippen MR) is 84.5 cm³/mol. The van der Waals surface area contributed by atoms with Gasteiger partial charge in [-0.3, -0.25) is 0 Å². The molecule has 1 heterocycles. The molecule has 0 N–H and O–H groups in total. The van der Waals surface area contributed by atoms with Gasteiger partial charge in [-0.1, -0.05) is 43.0 Å². The second-order valence-corrected chi connectivity index (χ2v) is 4.99. The Morgan fingerprint density at radius 2 is 1.85 bits per heavy atom. The molecule has 0 aliphatic heterocycles. The molecule has 2 heteroatoms. The van der Waals surface area contributed by atoms with E-state index < -0.39 is 0 Å². The van der Waals surface area contributed by atoms with Gasteiger partial charge in [0.05, 0.1) is 5.52 Å². The Morgan fingerprint density at radius 3 is 2.55 bits per heavy atom. The fourth-order valence-corrected chi connectivity index (χ4v) is 2.70. The van der Waals surface area contributed by atoms with Crippen LogP contribution in [0.5, 0.6) is 0 Å². The van der Waals surface area contributed by atoms with Gasteiger partial charge in [-0.25, -0.2) is 9.97 Å². The molecule has 0 amide bonds. The molecule has 0 radical (unpaired) electrons. The second kappa shape index (κ2) is 4.89. The first kappa shape index (κ1) is 12.5. The molecule has 3 aromatic rings. The summed E-state index contributed by atoms with van der Waals surface area (Å²) in [7, 11) is 0. The molecule has 0 spiro atoms. The highest BCUT2D eigenvalue weighted by atomic mass is 14.8. The van der Waals surface area contributed by atoms with Gasteiger partial charge in [0.2, 0.25) is 0 Å². The monoisotopic (exact) mass is 260 g/mol. The Morgan fingerprint density at radius 1 is 1.10 bits per heavy atom. The van der Waals surface area contributed by atoms with Crippen molar-refractivity contribution >= 4 is 17.0 Å². The Bertz CT molecular complexity index is 775. The maximum atomic E-state index is 4.43. The summed E-state index contributed by atoms with van der Waals surface area (Å²) in [6, 6.07) is 10.6. The van der Waals surface area contributed by atoms with Crippen LogP contribution in [0, 0.1) is 13.8 Å². The van der Waals surface area contributed by atoms with E-state index in [1.165, 1.54) is 22.3 Å². The minimum absolute atomic E-state index is 0.993. The van der Waals surface area contributed by atoms with E-state index in [0.29, 0.717) is 0 Å². The molecule has 2 nitrogen and oxygen atoms in total. The van der Waals surface area contributed by atoms with Crippen LogP contribution in [-0.4, -0.2) is 9.97 Å². The van der Waals surface area contributed by atoms with E-state index >= 15 is 0 Å². The Kier molecular flexibility index (Phi) is 3.07. The molecule has 2 aromatic carbocycles. The Balaban J connectivity index is 2.29. The fourth-order valence-electron chi connectivity index (χ4n) is 2.70. The number of hydrogen-bond donors (Lipinski definition) is 0. The minimum atomic E-state index is 0.993. The summed E-state index contributed by atoms with van der Waals surface area (Å²) in [5.74, 6) is 0. The topological polar surface area (TPSA) is 25.8 Å². The van der Waals surface area contributed by atoms with Crippen molar-refractivity contribution in [1.82, 2.24) is 9.97 Å². The Labute approximate surface area is 118 Å². The van der Waals surface area contributed by atoms with Crippen LogP contribution in [0.1, 0.15) is 16.7 Å². The van der Waals surface area contributed by atoms with Crippen molar-refractivity contribution in [2.24, 2.45) is 0 Å². The molecule has 0 atom stereocenters. The summed E-state index contributed by atoms with van der Waals surface area (Å²) in [5, 5.41) is 1.06. The van der Waals surface area contributed by atoms with Gasteiger partial charge in [0.1, 0.15) is 6.33 Å². The van der Waals surface area contributed by atoms with Gasteiger partial charge in [-0.05, 0) is 36.1 Å². The standard InChI is InChI=1S/C18H16N2/c1-4-16-12(2)8-15(9-13(16)3)17-7-5-6-14-10-19-11-20-18(14)17/h4-11H,1H2,2-3H3. The van der Waals surface area contributed by atoms with Crippen LogP contribution in [0.4, 0.5) is 0 Å². The number of aryl methyl sites for hydroxylation is 2. The van der Waals surface area contributed by atoms with E-state index in [2.05, 4.69) is 48.6 Å². The minimum Gasteiger partial charge on any atom is -0.244 e. The third kappa shape index (κ3) is 1.99. The number of para-hydroxylation sites is 1. The predicted octanol–water partition coefficient (Wildman–Crippen LogP) is 4.56. The summed E-state index contributed by atoms with van der Waals surface area (Å²) in [6.07, 6.45) is 5.37. The number of nitrogens with zero attached hydrogens (tertiary/aromatic N) is 2. The van der Waals surface area contributed by atoms with Crippen molar-refractivity contribution in [2.75, 3.05) is 0 Å². The van der Waals surface area contributed by atoms with Gasteiger partial charge in [0.25, 0.3) is 0 Å². The van der Waals surface area contributed by atoms with Crippen molar-refractivity contribution in [3.63, 3.8) is 0 Å². The van der Waals surface area contributed by atoms with Crippen molar-refractivity contribution in [3.8, 4) is 11.1 Å². The zero-order valence-electron chi connectivity index (χ0n) is 11.7. The molecule has 0 saturated heterocycles. The van der Waals surface area contributed by atoms with E-state index in [-0.39, 0.29) is 0 Å². The summed E-state index contributed by atoms with van der Waals surface area (Å²) in [5.41, 5.74) is 7.01. The van der Waals surface area contributed by atoms with Gasteiger partial charge < -0.3 is 0 Å². The largest absolute Gasteiger partial charge is 0.244 e. The molecule has 1 aromatic heterocycles. The molecular formula is C18H16N2. The molecule has 3 rings (SSSR count). The number of hydrogen-bond acceptors (Lipinski definition) is 2. The second-order valence-electron chi connectivity index (χ2n) is 4.99. The maximum absolute atomic E-state index is 4.43. The van der Waals surface area contributed by atoms with Gasteiger partial charge in [0, 0.05) is 17.1 Å². The van der Waals surface area contributed by atoms with Gasteiger partial charge >= 0.3 is 0 Å². The number of rotatable bonds is 2. The van der Waals surface area contributed by atoms with Crippen LogP contribution in [0.25, 0.3) is 28.1 Å². The fraction of sp³-hybridized carbons (Fsp3) is 0.111. The molecule has 0 fully saturated rings. The lowest BCUT2D eigenvalue weighted by molar-refractivity contribution is 1.22. The van der Waals surface area contributed by atoms with Gasteiger partial charge in [-0.2, -0.15) is 0 Å². The highest BCUT2D eigenvalue weighted by Gasteiger charge is 2.08. The number of aromatic nitrogens is 2. The number of fused-ring (bicyclic) bond motifs is 1. The highest BCUT2D eigenvalue weighted by molar-refractivity contribution is 5.93. The lowest BCUT2D eigenvalue weighted by Gasteiger charge is -2.11. The highest BCUT2D eigenvalue weighted by Crippen LogP contribution is 2.30. The molecule has 0 bridgehead atoms. The van der Waals surface area contributed by atoms with Crippen molar-refractivity contribution in [1.29, 1.82) is 0 Å². The average Bonchev–Trinajstić information content (AvgIpc) is 2.46. The first-order valence-electron chi connectivity index (χ1n) is 6.63. The zero-order chi connectivity index (χ0) is 14.1. The van der Waals surface area contributed by atoms with Crippen LogP contribution in [0.2, 0.25) is 0 Å². The van der Waals surface area contributed by atoms with Crippen LogP contribution in [0.15, 0.2) is 49.4 Å². The van der Waals surface area contributed by atoms with Crippen LogP contribution < -0.4 is 0 Å². The van der Waals surface area contributed by atoms with Crippen LogP contribution in [-0.2, 0) is 0 Å². The SMILES string of the molecule is C=Cc1c(C)cc(-c2cccc3cncnc23)cc1C. The first-order chi connectivity index (χ1) is 9.70. The quantitative estimate of drug-likeness (QED) is 0.675. The first-order valence-corrected chi connectivity index (χ1v) is 6.63. The molecule has 0 aliphatic carbocycles. The maximum Gasteiger partial charge on any atom is 0.116 e. The summed E-state index contributed by atoms with van der Waals surface area (Å²) in [6.45, 7) is 8.12. The lowest BCUT2D eigenvalue weighted by Crippen LogP contribution is -1.91. The Hall–Kier alpha value is -2.48. The molecule has 20 heavy (non-hydrogen) atoms. The van der Waals surface area contributed by atoms with Crippen LogP contribution in [0.3, 0.4) is 0 Å². The van der Waals surface area contributed by atoms with E-state index in [1.54, 1.807) is 6.33 Å². The van der Waals surface area contributed by atoms with Crippen molar-refractivity contribution in [3.05, 3.63) is 66.1 Å². The smallest absolute Gasteiger partial charge is 0.116 e. The van der Waals surface area contributed by atoms with Crippen molar-refractivity contribution < 1.29 is 0 Å². The summed E-state index contributed by atoms with van der Waals surface area (Å²) in [4.78, 5) is 8.51. The summed E-state index contributed by atoms with van der Waals surface area (Å²) < 4.78 is 0.